The van der Waals surface area contributed by atoms with Crippen molar-refractivity contribution in [3.05, 3.63) is 11.8 Å². The highest BCUT2D eigenvalue weighted by Gasteiger charge is 2.26. The molecule has 7 heteroatoms. The molecule has 0 unspecified atom stereocenters. The van der Waals surface area contributed by atoms with Crippen LogP contribution in [0.1, 0.15) is 62.2 Å². The number of anilines is 2. The van der Waals surface area contributed by atoms with Gasteiger partial charge in [-0.05, 0) is 51.4 Å². The lowest BCUT2D eigenvalue weighted by Crippen LogP contribution is -2.33. The zero-order valence-electron chi connectivity index (χ0n) is 14.2. The van der Waals surface area contributed by atoms with Crippen LogP contribution in [0.4, 0.5) is 11.8 Å². The number of nitrogens with one attached hydrogen (secondary N) is 2. The molecule has 0 saturated heterocycles. The first-order valence-corrected chi connectivity index (χ1v) is 8.91. The lowest BCUT2D eigenvalue weighted by molar-refractivity contribution is 0.1000. The molecular weight excluding hydrogens is 306 g/mol. The normalized spacial score (nSPS) is 25.6. The number of nitrogens with zero attached hydrogens (tertiary/aromatic N) is 2. The Morgan fingerprint density at radius 1 is 1.29 bits per heavy atom. The van der Waals surface area contributed by atoms with E-state index >= 15 is 0 Å². The quantitative estimate of drug-likeness (QED) is 0.632. The summed E-state index contributed by atoms with van der Waals surface area (Å²) in [5, 5.41) is 16.3. The maximum absolute atomic E-state index is 11.6. The maximum atomic E-state index is 11.6. The second kappa shape index (κ2) is 7.34. The maximum Gasteiger partial charge on any atom is 0.254 e. The highest BCUT2D eigenvalue weighted by Crippen LogP contribution is 2.31. The Bertz CT molecular complexity index is 582. The number of aliphatic hydroxyl groups is 1. The van der Waals surface area contributed by atoms with E-state index in [4.69, 9.17) is 5.73 Å². The van der Waals surface area contributed by atoms with Crippen LogP contribution in [0.5, 0.6) is 0 Å². The van der Waals surface area contributed by atoms with Crippen molar-refractivity contribution in [2.75, 3.05) is 10.6 Å². The molecule has 5 N–H and O–H groups in total. The number of amides is 1. The molecule has 132 valence electrons. The van der Waals surface area contributed by atoms with Crippen molar-refractivity contribution < 1.29 is 9.90 Å². The fourth-order valence-corrected chi connectivity index (χ4v) is 3.42. The van der Waals surface area contributed by atoms with Crippen molar-refractivity contribution in [3.8, 4) is 0 Å². The van der Waals surface area contributed by atoms with Gasteiger partial charge in [-0.15, -0.1) is 0 Å². The van der Waals surface area contributed by atoms with E-state index < -0.39 is 5.91 Å². The van der Waals surface area contributed by atoms with Crippen LogP contribution in [0.15, 0.2) is 6.20 Å². The molecule has 24 heavy (non-hydrogen) atoms. The van der Waals surface area contributed by atoms with Crippen LogP contribution in [0, 0.1) is 5.92 Å². The molecule has 2 aliphatic rings. The summed E-state index contributed by atoms with van der Waals surface area (Å²) in [7, 11) is 0. The van der Waals surface area contributed by atoms with Gasteiger partial charge in [0.25, 0.3) is 5.91 Å². The Balaban J connectivity index is 1.71. The fourth-order valence-electron chi connectivity index (χ4n) is 3.42. The monoisotopic (exact) mass is 333 g/mol. The first-order chi connectivity index (χ1) is 11.5. The van der Waals surface area contributed by atoms with Gasteiger partial charge in [-0.1, -0.05) is 6.42 Å². The molecule has 0 aromatic carbocycles. The Kier molecular flexibility index (Phi) is 5.18. The number of rotatable bonds is 6. The molecule has 0 bridgehead atoms. The van der Waals surface area contributed by atoms with Crippen molar-refractivity contribution >= 4 is 17.7 Å². The molecule has 0 aliphatic heterocycles. The van der Waals surface area contributed by atoms with E-state index in [0.717, 1.165) is 25.7 Å². The zero-order valence-corrected chi connectivity index (χ0v) is 14.2. The standard InChI is InChI=1S/C17H27N5O2/c1-10(11-3-2-4-11)20-16-14(15(18)24)9-19-17(22-16)21-12-5-7-13(23)8-6-12/h9-13,23H,2-8H2,1H3,(H2,18,24)(H2,19,20,21,22)/t10-,12-,13-/m1/s1. The average molecular weight is 333 g/mol. The van der Waals surface area contributed by atoms with Crippen LogP contribution >= 0.6 is 0 Å². The summed E-state index contributed by atoms with van der Waals surface area (Å²) in [4.78, 5) is 20.4. The van der Waals surface area contributed by atoms with E-state index in [-0.39, 0.29) is 18.2 Å². The molecule has 2 fully saturated rings. The van der Waals surface area contributed by atoms with Crippen LogP contribution in [-0.2, 0) is 0 Å². The van der Waals surface area contributed by atoms with Crippen molar-refractivity contribution in [2.24, 2.45) is 11.7 Å². The largest absolute Gasteiger partial charge is 0.393 e. The number of hydrogen-bond acceptors (Lipinski definition) is 6. The third-order valence-corrected chi connectivity index (χ3v) is 5.31. The molecule has 0 spiro atoms. The van der Waals surface area contributed by atoms with Gasteiger partial charge < -0.3 is 21.5 Å². The lowest BCUT2D eigenvalue weighted by Gasteiger charge is -2.32. The van der Waals surface area contributed by atoms with Gasteiger partial charge in [0.05, 0.1) is 11.7 Å². The molecule has 1 amide bonds. The summed E-state index contributed by atoms with van der Waals surface area (Å²) < 4.78 is 0. The molecule has 2 aliphatic carbocycles. The SMILES string of the molecule is C[C@@H](Nc1nc(N[C@H]2CC[C@H](O)CC2)ncc1C(N)=O)C1CCC1. The van der Waals surface area contributed by atoms with Gasteiger partial charge in [-0.3, -0.25) is 4.79 Å². The van der Waals surface area contributed by atoms with Gasteiger partial charge in [0, 0.05) is 18.3 Å². The molecule has 1 aromatic rings. The molecule has 2 saturated carbocycles. The fraction of sp³-hybridized carbons (Fsp3) is 0.706. The summed E-state index contributed by atoms with van der Waals surface area (Å²) in [5.41, 5.74) is 5.78. The minimum atomic E-state index is -0.523. The first-order valence-electron chi connectivity index (χ1n) is 8.91. The van der Waals surface area contributed by atoms with Crippen molar-refractivity contribution in [1.29, 1.82) is 0 Å². The van der Waals surface area contributed by atoms with Gasteiger partial charge in [0.15, 0.2) is 0 Å². The van der Waals surface area contributed by atoms with Crippen LogP contribution < -0.4 is 16.4 Å². The number of primary amides is 1. The van der Waals surface area contributed by atoms with Gasteiger partial charge in [0.1, 0.15) is 5.82 Å². The molecule has 1 aromatic heterocycles. The average Bonchev–Trinajstić information content (AvgIpc) is 2.47. The third-order valence-electron chi connectivity index (χ3n) is 5.31. The second-order valence-electron chi connectivity index (χ2n) is 7.09. The molecular formula is C17H27N5O2. The summed E-state index contributed by atoms with van der Waals surface area (Å²) in [6, 6.07) is 0.508. The number of nitrogens with two attached hydrogens (primary N) is 1. The van der Waals surface area contributed by atoms with E-state index in [1.807, 2.05) is 0 Å². The minimum Gasteiger partial charge on any atom is -0.393 e. The van der Waals surface area contributed by atoms with Crippen LogP contribution in [0.3, 0.4) is 0 Å². The number of aromatic nitrogens is 2. The number of carbonyl (C=O) groups is 1. The second-order valence-corrected chi connectivity index (χ2v) is 7.09. The molecule has 7 nitrogen and oxygen atoms in total. The van der Waals surface area contributed by atoms with E-state index in [2.05, 4.69) is 27.5 Å². The predicted molar refractivity (Wildman–Crippen MR) is 92.9 cm³/mol. The van der Waals surface area contributed by atoms with Gasteiger partial charge in [0.2, 0.25) is 5.95 Å². The number of carbonyl (C=O) groups excluding carboxylic acids is 1. The molecule has 1 heterocycles. The minimum absolute atomic E-state index is 0.193. The Morgan fingerprint density at radius 3 is 2.58 bits per heavy atom. The zero-order chi connectivity index (χ0) is 17.1. The molecule has 3 rings (SSSR count). The van der Waals surface area contributed by atoms with E-state index in [1.165, 1.54) is 25.5 Å². The van der Waals surface area contributed by atoms with Crippen LogP contribution in [-0.4, -0.2) is 39.2 Å². The summed E-state index contributed by atoms with van der Waals surface area (Å²) in [5.74, 6) is 1.11. The Labute approximate surface area is 142 Å². The van der Waals surface area contributed by atoms with Gasteiger partial charge in [-0.2, -0.15) is 4.98 Å². The van der Waals surface area contributed by atoms with Crippen LogP contribution in [0.25, 0.3) is 0 Å². The van der Waals surface area contributed by atoms with Crippen molar-refractivity contribution in [1.82, 2.24) is 9.97 Å². The number of hydrogen-bond donors (Lipinski definition) is 4. The molecule has 1 atom stereocenters. The number of aliphatic hydroxyl groups excluding tert-OH is 1. The van der Waals surface area contributed by atoms with Crippen molar-refractivity contribution in [2.45, 2.75) is 70.1 Å². The summed E-state index contributed by atoms with van der Waals surface area (Å²) in [6.45, 7) is 2.12. The third kappa shape index (κ3) is 3.95. The Hall–Kier alpha value is -1.89. The summed E-state index contributed by atoms with van der Waals surface area (Å²) in [6.07, 6.45) is 8.35. The summed E-state index contributed by atoms with van der Waals surface area (Å²) >= 11 is 0. The van der Waals surface area contributed by atoms with Crippen LogP contribution in [0.2, 0.25) is 0 Å². The molecule has 0 radical (unpaired) electrons. The Morgan fingerprint density at radius 2 is 2.00 bits per heavy atom. The highest BCUT2D eigenvalue weighted by molar-refractivity contribution is 5.97. The highest BCUT2D eigenvalue weighted by atomic mass is 16.3. The van der Waals surface area contributed by atoms with Crippen molar-refractivity contribution in [3.63, 3.8) is 0 Å². The van der Waals surface area contributed by atoms with E-state index in [1.54, 1.807) is 0 Å². The lowest BCUT2D eigenvalue weighted by atomic mass is 9.80. The van der Waals surface area contributed by atoms with Gasteiger partial charge in [-0.25, -0.2) is 4.98 Å². The van der Waals surface area contributed by atoms with Gasteiger partial charge >= 0.3 is 0 Å². The van der Waals surface area contributed by atoms with E-state index in [0.29, 0.717) is 23.2 Å². The van der Waals surface area contributed by atoms with E-state index in [9.17, 15) is 9.90 Å². The first kappa shape index (κ1) is 17.0. The predicted octanol–water partition coefficient (Wildman–Crippen LogP) is 1.89. The smallest absolute Gasteiger partial charge is 0.254 e. The topological polar surface area (TPSA) is 113 Å².